The molecule has 6 aromatic rings. The summed E-state index contributed by atoms with van der Waals surface area (Å²) < 4.78 is 69.7. The molecule has 0 spiro atoms. The molecule has 0 saturated carbocycles. The second-order valence-electron chi connectivity index (χ2n) is 11.7. The molecule has 0 heterocycles. The van der Waals surface area contributed by atoms with Gasteiger partial charge in [-0.1, -0.05) is 62.4 Å². The molecule has 0 amide bonds. The third-order valence-electron chi connectivity index (χ3n) is 8.33. The molecular formula is C36H28BaN6O12S2. The zero-order valence-corrected chi connectivity index (χ0v) is 35.9. The first-order chi connectivity index (χ1) is 26.5. The second kappa shape index (κ2) is 18.4. The van der Waals surface area contributed by atoms with Crippen molar-refractivity contribution in [3.8, 4) is 11.5 Å². The fraction of sp³-hybridized carbons (Fsp3) is 0.111. The Kier molecular flexibility index (Phi) is 14.4. The van der Waals surface area contributed by atoms with Gasteiger partial charge in [0.2, 0.25) is 0 Å². The number of rotatable bonds is 10. The number of hydrogen-bond donors (Lipinski definition) is 2. The molecule has 0 aliphatic heterocycles. The predicted octanol–water partition coefficient (Wildman–Crippen LogP) is 8.29. The van der Waals surface area contributed by atoms with E-state index in [1.165, 1.54) is 72.8 Å². The molecular weight excluding hydrogens is 910 g/mol. The molecule has 18 nitrogen and oxygen atoms in total. The minimum Gasteiger partial charge on any atom is -0.744 e. The van der Waals surface area contributed by atoms with E-state index in [0.29, 0.717) is 34.7 Å². The maximum Gasteiger partial charge on any atom is 2.00 e. The monoisotopic (exact) mass is 938 g/mol. The van der Waals surface area contributed by atoms with E-state index in [2.05, 4.69) is 20.5 Å². The molecule has 6 rings (SSSR count). The van der Waals surface area contributed by atoms with Crippen LogP contribution >= 0.6 is 0 Å². The van der Waals surface area contributed by atoms with E-state index in [4.69, 9.17) is 0 Å². The van der Waals surface area contributed by atoms with Gasteiger partial charge in [-0.2, -0.15) is 0 Å². The van der Waals surface area contributed by atoms with Crippen molar-refractivity contribution in [2.75, 3.05) is 0 Å². The Hall–Kier alpha value is -5.17. The number of fused-ring (bicyclic) bond motifs is 2. The summed E-state index contributed by atoms with van der Waals surface area (Å²) in [6.07, 6.45) is 0.625. The molecule has 0 aliphatic carbocycles. The van der Waals surface area contributed by atoms with E-state index < -0.39 is 39.9 Å². The molecule has 0 saturated heterocycles. The fourth-order valence-corrected chi connectivity index (χ4v) is 7.26. The predicted molar refractivity (Wildman–Crippen MR) is 206 cm³/mol. The van der Waals surface area contributed by atoms with Gasteiger partial charge in [0, 0.05) is 22.9 Å². The number of phenolic OH excluding ortho intramolecular Hbond substituents is 2. The molecule has 57 heavy (non-hydrogen) atoms. The van der Waals surface area contributed by atoms with Crippen molar-refractivity contribution >= 4 is 125 Å². The van der Waals surface area contributed by atoms with E-state index in [1.54, 1.807) is 26.0 Å². The maximum absolute atomic E-state index is 11.6. The Labute approximate surface area is 364 Å². The van der Waals surface area contributed by atoms with Crippen LogP contribution in [0.3, 0.4) is 0 Å². The van der Waals surface area contributed by atoms with E-state index in [1.807, 2.05) is 0 Å². The topological polar surface area (TPSA) is 291 Å². The minimum atomic E-state index is -4.83. The third kappa shape index (κ3) is 9.87. The summed E-state index contributed by atoms with van der Waals surface area (Å²) in [5, 5.41) is 59.2. The van der Waals surface area contributed by atoms with E-state index >= 15 is 0 Å². The average molecular weight is 938 g/mol. The van der Waals surface area contributed by atoms with E-state index in [9.17, 15) is 56.4 Å². The van der Waals surface area contributed by atoms with Gasteiger partial charge in [0.1, 0.15) is 43.1 Å². The Balaban J connectivity index is 0.000000248. The number of nitro groups is 2. The molecule has 0 bridgehead atoms. The Morgan fingerprint density at radius 3 is 1.21 bits per heavy atom. The first kappa shape index (κ1) is 44.5. The van der Waals surface area contributed by atoms with Crippen molar-refractivity contribution in [1.82, 2.24) is 0 Å². The van der Waals surface area contributed by atoms with Crippen LogP contribution in [0.5, 0.6) is 11.5 Å². The van der Waals surface area contributed by atoms with Crippen LogP contribution in [0.15, 0.2) is 127 Å². The largest absolute Gasteiger partial charge is 2.00 e. The van der Waals surface area contributed by atoms with E-state index in [0.717, 1.165) is 12.1 Å². The van der Waals surface area contributed by atoms with Gasteiger partial charge in [-0.25, -0.2) is 16.8 Å². The van der Waals surface area contributed by atoms with Gasteiger partial charge in [0.25, 0.3) is 11.4 Å². The number of hydrogen-bond acceptors (Lipinski definition) is 16. The van der Waals surface area contributed by atoms with Gasteiger partial charge >= 0.3 is 48.9 Å². The smallest absolute Gasteiger partial charge is 0.744 e. The van der Waals surface area contributed by atoms with Gasteiger partial charge in [-0.15, -0.1) is 20.5 Å². The molecule has 0 atom stereocenters. The van der Waals surface area contributed by atoms with Crippen LogP contribution in [-0.2, 0) is 33.1 Å². The van der Waals surface area contributed by atoms with Crippen LogP contribution < -0.4 is 0 Å². The van der Waals surface area contributed by atoms with Crippen LogP contribution in [0.4, 0.5) is 34.1 Å². The summed E-state index contributed by atoms with van der Waals surface area (Å²) in [6, 6.07) is 22.3. The summed E-state index contributed by atoms with van der Waals surface area (Å²) >= 11 is 0. The quantitative estimate of drug-likeness (QED) is 0.0431. The molecule has 0 aliphatic rings. The van der Waals surface area contributed by atoms with Crippen LogP contribution in [-0.4, -0.2) is 94.9 Å². The number of nitrogens with zero attached hydrogens (tertiary/aromatic N) is 6. The molecule has 0 radical (unpaired) electrons. The van der Waals surface area contributed by atoms with Crippen LogP contribution in [0.2, 0.25) is 0 Å². The van der Waals surface area contributed by atoms with Gasteiger partial charge < -0.3 is 19.3 Å². The SMILES string of the molecule is CCc1c(N=Nc2c(O)ccc3cccc(S(=O)(=O)[O-])c23)cccc1[N+](=O)[O-].CCc1c(N=Nc2c(O)ccc3cccc(S(=O)(=O)[O-])c23)cccc1[N+](=O)[O-].[Ba+2]. The average Bonchev–Trinajstić information content (AvgIpc) is 3.15. The van der Waals surface area contributed by atoms with Crippen LogP contribution in [0, 0.1) is 20.2 Å². The number of aromatic hydroxyl groups is 2. The Bertz CT molecular complexity index is 2640. The van der Waals surface area contributed by atoms with Crippen molar-refractivity contribution in [3.05, 3.63) is 128 Å². The number of benzene rings is 6. The molecule has 0 unspecified atom stereocenters. The molecule has 21 heteroatoms. The summed E-state index contributed by atoms with van der Waals surface area (Å²) in [4.78, 5) is 20.2. The minimum absolute atomic E-state index is 0. The first-order valence-electron chi connectivity index (χ1n) is 16.2. The number of nitro benzene ring substituents is 2. The third-order valence-corrected chi connectivity index (χ3v) is 10.1. The molecule has 0 aromatic heterocycles. The normalized spacial score (nSPS) is 11.7. The zero-order valence-electron chi connectivity index (χ0n) is 29.8. The summed E-state index contributed by atoms with van der Waals surface area (Å²) in [7, 11) is -9.67. The molecule has 0 fully saturated rings. The van der Waals surface area contributed by atoms with Crippen LogP contribution in [0.1, 0.15) is 25.0 Å². The van der Waals surface area contributed by atoms with Crippen LogP contribution in [0.25, 0.3) is 21.5 Å². The standard InChI is InChI=1S/2C18H15N3O6S.Ba/c2*1-2-12-13(6-4-7-14(12)21(23)24)19-20-18-15(22)10-9-11-5-3-8-16(17(11)18)28(25,26)27;/h2*3-10,22H,2H2,1H3,(H,25,26,27);/q;;+2/p-2. The number of phenols is 2. The van der Waals surface area contributed by atoms with Gasteiger partial charge in [0.15, 0.2) is 0 Å². The van der Waals surface area contributed by atoms with Crippen molar-refractivity contribution in [2.24, 2.45) is 20.5 Å². The summed E-state index contributed by atoms with van der Waals surface area (Å²) in [5.74, 6) is -0.758. The Morgan fingerprint density at radius 2 is 0.895 bits per heavy atom. The zero-order chi connectivity index (χ0) is 40.9. The summed E-state index contributed by atoms with van der Waals surface area (Å²) in [5.41, 5.74) is 0.432. The van der Waals surface area contributed by atoms with Crippen molar-refractivity contribution in [1.29, 1.82) is 0 Å². The van der Waals surface area contributed by atoms with Crippen molar-refractivity contribution in [2.45, 2.75) is 36.5 Å². The maximum atomic E-state index is 11.6. The van der Waals surface area contributed by atoms with Crippen molar-refractivity contribution < 1.29 is 46.0 Å². The van der Waals surface area contributed by atoms with Gasteiger partial charge in [-0.05, 0) is 60.0 Å². The fourth-order valence-electron chi connectivity index (χ4n) is 5.84. The molecule has 6 aromatic carbocycles. The van der Waals surface area contributed by atoms with Crippen molar-refractivity contribution in [3.63, 3.8) is 0 Å². The summed E-state index contributed by atoms with van der Waals surface area (Å²) in [6.45, 7) is 3.44. The Morgan fingerprint density at radius 1 is 0.544 bits per heavy atom. The van der Waals surface area contributed by atoms with Gasteiger partial charge in [0.05, 0.1) is 42.1 Å². The van der Waals surface area contributed by atoms with E-state index in [-0.39, 0.29) is 105 Å². The van der Waals surface area contributed by atoms with Gasteiger partial charge in [-0.3, -0.25) is 20.2 Å². The molecule has 288 valence electrons. The molecule has 2 N–H and O–H groups in total. The number of azo groups is 2. The first-order valence-corrected chi connectivity index (χ1v) is 19.1. The second-order valence-corrected chi connectivity index (χ2v) is 14.4.